The van der Waals surface area contributed by atoms with Gasteiger partial charge in [0.1, 0.15) is 35.9 Å². The van der Waals surface area contributed by atoms with Crippen molar-refractivity contribution in [3.63, 3.8) is 0 Å². The molecule has 3 heterocycles. The number of carbonyl (C=O) groups excluding carboxylic acids is 1. The Morgan fingerprint density at radius 2 is 1.82 bits per heavy atom. The first-order valence-corrected chi connectivity index (χ1v) is 14.1. The Hall–Kier alpha value is -0.130. The highest BCUT2D eigenvalue weighted by Gasteiger charge is 2.49. The molecule has 0 aromatic heterocycles. The van der Waals surface area contributed by atoms with Crippen LogP contribution in [0.15, 0.2) is 0 Å². The SMILES string of the molecule is CSC1OC(C(NC(=O)C2NCC3CC(C4CCCC4)CCOC32)C(C)Cl)C(O)C(O)C1O. The molecule has 3 saturated heterocycles. The summed E-state index contributed by atoms with van der Waals surface area (Å²) < 4.78 is 12.1. The number of alkyl halides is 1. The molecule has 0 aromatic carbocycles. The number of rotatable bonds is 6. The Labute approximate surface area is 205 Å². The molecule has 11 atom stereocenters. The molecule has 0 aromatic rings. The van der Waals surface area contributed by atoms with Crippen molar-refractivity contribution in [2.24, 2.45) is 17.8 Å². The van der Waals surface area contributed by atoms with Crippen LogP contribution in [0.4, 0.5) is 0 Å². The second-order valence-electron chi connectivity index (χ2n) is 10.2. The Balaban J connectivity index is 1.41. The van der Waals surface area contributed by atoms with E-state index in [1.165, 1.54) is 37.4 Å². The molecule has 1 saturated carbocycles. The van der Waals surface area contributed by atoms with Crippen LogP contribution in [-0.2, 0) is 14.3 Å². The van der Waals surface area contributed by atoms with Crippen LogP contribution in [0.3, 0.4) is 0 Å². The number of halogens is 1. The molecule has 4 aliphatic rings. The summed E-state index contributed by atoms with van der Waals surface area (Å²) >= 11 is 7.65. The Kier molecular flexibility index (Phi) is 8.88. The fourth-order valence-electron chi connectivity index (χ4n) is 6.27. The summed E-state index contributed by atoms with van der Waals surface area (Å²) in [6.45, 7) is 3.13. The third-order valence-electron chi connectivity index (χ3n) is 8.14. The first-order valence-electron chi connectivity index (χ1n) is 12.3. The molecule has 3 aliphatic heterocycles. The van der Waals surface area contributed by atoms with Gasteiger partial charge in [-0.15, -0.1) is 23.4 Å². The van der Waals surface area contributed by atoms with Gasteiger partial charge >= 0.3 is 0 Å². The summed E-state index contributed by atoms with van der Waals surface area (Å²) in [6, 6.07) is -1.24. The maximum atomic E-state index is 13.3. The van der Waals surface area contributed by atoms with E-state index in [2.05, 4.69) is 10.6 Å². The van der Waals surface area contributed by atoms with Crippen molar-refractivity contribution in [3.8, 4) is 0 Å². The minimum Gasteiger partial charge on any atom is -0.388 e. The van der Waals surface area contributed by atoms with E-state index in [1.54, 1.807) is 13.2 Å². The van der Waals surface area contributed by atoms with Crippen LogP contribution in [0.5, 0.6) is 0 Å². The zero-order valence-corrected chi connectivity index (χ0v) is 21.0. The number of thioether (sulfide) groups is 1. The molecule has 0 radical (unpaired) electrons. The van der Waals surface area contributed by atoms with Crippen LogP contribution in [0, 0.1) is 17.8 Å². The fraction of sp³-hybridized carbons (Fsp3) is 0.957. The molecule has 0 spiro atoms. The number of carbonyl (C=O) groups is 1. The molecule has 190 valence electrons. The lowest BCUT2D eigenvalue weighted by Gasteiger charge is -2.44. The lowest BCUT2D eigenvalue weighted by Crippen LogP contribution is -2.65. The molecule has 0 bridgehead atoms. The summed E-state index contributed by atoms with van der Waals surface area (Å²) in [7, 11) is 0. The average Bonchev–Trinajstić information content (AvgIpc) is 3.42. The van der Waals surface area contributed by atoms with Gasteiger partial charge in [0.25, 0.3) is 0 Å². The number of aliphatic hydroxyl groups is 3. The first kappa shape index (κ1) is 25.9. The number of aliphatic hydroxyl groups excluding tert-OH is 3. The highest BCUT2D eigenvalue weighted by atomic mass is 35.5. The molecule has 10 heteroatoms. The van der Waals surface area contributed by atoms with Crippen molar-refractivity contribution in [3.05, 3.63) is 0 Å². The van der Waals surface area contributed by atoms with Crippen LogP contribution >= 0.6 is 23.4 Å². The van der Waals surface area contributed by atoms with E-state index in [0.717, 1.165) is 25.3 Å². The highest BCUT2D eigenvalue weighted by molar-refractivity contribution is 7.99. The lowest BCUT2D eigenvalue weighted by atomic mass is 9.81. The molecule has 4 rings (SSSR count). The van der Waals surface area contributed by atoms with Gasteiger partial charge in [-0.2, -0.15) is 0 Å². The van der Waals surface area contributed by atoms with E-state index in [9.17, 15) is 20.1 Å². The normalized spacial score (nSPS) is 44.1. The summed E-state index contributed by atoms with van der Waals surface area (Å²) in [4.78, 5) is 13.3. The maximum Gasteiger partial charge on any atom is 0.240 e. The van der Waals surface area contributed by atoms with Crippen molar-refractivity contribution in [1.82, 2.24) is 10.6 Å². The summed E-state index contributed by atoms with van der Waals surface area (Å²) in [6.07, 6.45) is 4.06. The van der Waals surface area contributed by atoms with Crippen LogP contribution in [0.2, 0.25) is 0 Å². The standard InChI is InChI=1S/C23H39ClN2O6S/c1-11(24)15(21-18(28)17(27)19(29)23(32-21)33-2)26-22(30)16-20-14(10-25-16)9-13(7-8-31-20)12-5-3-4-6-12/h11-21,23,25,27-29H,3-10H2,1-2H3,(H,26,30). The van der Waals surface area contributed by atoms with Crippen LogP contribution in [-0.4, -0.2) is 94.1 Å². The smallest absolute Gasteiger partial charge is 0.240 e. The van der Waals surface area contributed by atoms with E-state index in [0.29, 0.717) is 18.4 Å². The van der Waals surface area contributed by atoms with Gasteiger partial charge in [-0.1, -0.05) is 25.7 Å². The molecule has 1 amide bonds. The number of ether oxygens (including phenoxy) is 2. The molecular formula is C23H39ClN2O6S. The minimum atomic E-state index is -1.39. The zero-order valence-electron chi connectivity index (χ0n) is 19.4. The summed E-state index contributed by atoms with van der Waals surface area (Å²) in [5, 5.41) is 36.8. The van der Waals surface area contributed by atoms with E-state index in [4.69, 9.17) is 21.1 Å². The molecular weight excluding hydrogens is 468 g/mol. The third-order valence-corrected chi connectivity index (χ3v) is 9.27. The predicted molar refractivity (Wildman–Crippen MR) is 127 cm³/mol. The number of hydrogen-bond donors (Lipinski definition) is 5. The first-order chi connectivity index (χ1) is 15.8. The van der Waals surface area contributed by atoms with Gasteiger partial charge < -0.3 is 35.4 Å². The number of amides is 1. The minimum absolute atomic E-state index is 0.189. The Morgan fingerprint density at radius 3 is 2.48 bits per heavy atom. The molecule has 8 nitrogen and oxygen atoms in total. The van der Waals surface area contributed by atoms with E-state index >= 15 is 0 Å². The van der Waals surface area contributed by atoms with Crippen molar-refractivity contribution in [2.45, 2.75) is 98.9 Å². The second kappa shape index (κ2) is 11.3. The van der Waals surface area contributed by atoms with Crippen LogP contribution in [0.1, 0.15) is 45.4 Å². The topological polar surface area (TPSA) is 120 Å². The molecule has 33 heavy (non-hydrogen) atoms. The van der Waals surface area contributed by atoms with Crippen molar-refractivity contribution >= 4 is 29.3 Å². The second-order valence-corrected chi connectivity index (χ2v) is 11.8. The van der Waals surface area contributed by atoms with Gasteiger partial charge in [0.05, 0.1) is 17.5 Å². The quantitative estimate of drug-likeness (QED) is 0.336. The Morgan fingerprint density at radius 1 is 1.09 bits per heavy atom. The maximum absolute atomic E-state index is 13.3. The lowest BCUT2D eigenvalue weighted by molar-refractivity contribution is -0.205. The summed E-state index contributed by atoms with van der Waals surface area (Å²) in [5.74, 6) is 1.52. The molecule has 5 N–H and O–H groups in total. The fourth-order valence-corrected chi connectivity index (χ4v) is 7.16. The van der Waals surface area contributed by atoms with E-state index in [1.807, 2.05) is 0 Å². The van der Waals surface area contributed by atoms with Gasteiger partial charge in [0.15, 0.2) is 0 Å². The number of hydrogen-bond acceptors (Lipinski definition) is 8. The molecule has 11 unspecified atom stereocenters. The Bertz CT molecular complexity index is 667. The van der Waals surface area contributed by atoms with Crippen LogP contribution < -0.4 is 10.6 Å². The molecule has 4 fully saturated rings. The monoisotopic (exact) mass is 506 g/mol. The van der Waals surface area contributed by atoms with Gasteiger partial charge in [0.2, 0.25) is 5.91 Å². The third kappa shape index (κ3) is 5.50. The van der Waals surface area contributed by atoms with Gasteiger partial charge in [-0.3, -0.25) is 4.79 Å². The van der Waals surface area contributed by atoms with Gasteiger partial charge in [-0.25, -0.2) is 0 Å². The largest absolute Gasteiger partial charge is 0.388 e. The zero-order chi connectivity index (χ0) is 23.7. The number of fused-ring (bicyclic) bond motifs is 1. The summed E-state index contributed by atoms with van der Waals surface area (Å²) in [5.41, 5.74) is -0.727. The van der Waals surface area contributed by atoms with Gasteiger partial charge in [-0.05, 0) is 43.8 Å². The van der Waals surface area contributed by atoms with E-state index in [-0.39, 0.29) is 12.0 Å². The number of nitrogens with one attached hydrogen (secondary N) is 2. The average molecular weight is 507 g/mol. The molecule has 1 aliphatic carbocycles. The van der Waals surface area contributed by atoms with Crippen LogP contribution in [0.25, 0.3) is 0 Å². The van der Waals surface area contributed by atoms with Crippen molar-refractivity contribution in [2.75, 3.05) is 19.4 Å². The predicted octanol–water partition coefficient (Wildman–Crippen LogP) is 0.843. The highest BCUT2D eigenvalue weighted by Crippen LogP contribution is 2.40. The van der Waals surface area contributed by atoms with Gasteiger partial charge in [0, 0.05) is 13.2 Å². The van der Waals surface area contributed by atoms with Crippen molar-refractivity contribution in [1.29, 1.82) is 0 Å². The van der Waals surface area contributed by atoms with Crippen molar-refractivity contribution < 1.29 is 29.6 Å². The van der Waals surface area contributed by atoms with E-state index < -0.39 is 47.3 Å².